The summed E-state index contributed by atoms with van der Waals surface area (Å²) in [5.74, 6) is 1.46. The van der Waals surface area contributed by atoms with Gasteiger partial charge in [-0.25, -0.2) is 0 Å². The van der Waals surface area contributed by atoms with Crippen molar-refractivity contribution in [3.8, 4) is 0 Å². The van der Waals surface area contributed by atoms with E-state index in [2.05, 4.69) is 31.8 Å². The molecule has 1 aliphatic heterocycles. The van der Waals surface area contributed by atoms with Crippen molar-refractivity contribution in [1.82, 2.24) is 25.3 Å². The van der Waals surface area contributed by atoms with Gasteiger partial charge < -0.3 is 15.5 Å². The van der Waals surface area contributed by atoms with E-state index in [1.54, 1.807) is 7.05 Å². The summed E-state index contributed by atoms with van der Waals surface area (Å²) in [5, 5.41) is 10.5. The number of likely N-dealkylation sites (tertiary alicyclic amines) is 1. The fourth-order valence-corrected chi connectivity index (χ4v) is 2.82. The predicted octanol–water partition coefficient (Wildman–Crippen LogP) is 1.57. The molecule has 1 aliphatic rings. The van der Waals surface area contributed by atoms with E-state index >= 15 is 0 Å². The van der Waals surface area contributed by atoms with E-state index in [0.717, 1.165) is 25.5 Å². The summed E-state index contributed by atoms with van der Waals surface area (Å²) in [7, 11) is 3.75. The lowest BCUT2D eigenvalue weighted by Crippen LogP contribution is -2.44. The molecule has 0 saturated carbocycles. The van der Waals surface area contributed by atoms with E-state index in [1.165, 1.54) is 5.56 Å². The monoisotopic (exact) mass is 462 g/mol. The lowest BCUT2D eigenvalue weighted by Gasteiger charge is -2.22. The molecular formula is C17H31IN6O. The largest absolute Gasteiger partial charge is 0.354 e. The van der Waals surface area contributed by atoms with Crippen LogP contribution in [-0.4, -0.2) is 59.8 Å². The molecular weight excluding hydrogens is 431 g/mol. The van der Waals surface area contributed by atoms with Crippen LogP contribution in [0, 0.1) is 5.41 Å². The normalized spacial score (nSPS) is 18.0. The number of rotatable bonds is 4. The lowest BCUT2D eigenvalue weighted by atomic mass is 9.96. The molecule has 1 fully saturated rings. The molecule has 1 aromatic heterocycles. The zero-order chi connectivity index (χ0) is 17.7. The predicted molar refractivity (Wildman–Crippen MR) is 111 cm³/mol. The number of nitrogens with one attached hydrogen (secondary N) is 2. The van der Waals surface area contributed by atoms with Crippen LogP contribution in [0.5, 0.6) is 0 Å². The number of hydrogen-bond donors (Lipinski definition) is 2. The number of aryl methyl sites for hydroxylation is 1. The molecule has 1 amide bonds. The third-order valence-electron chi connectivity index (χ3n) is 4.27. The minimum atomic E-state index is -0.354. The number of hydrogen-bond acceptors (Lipinski definition) is 3. The first-order valence-corrected chi connectivity index (χ1v) is 8.53. The molecule has 0 spiro atoms. The van der Waals surface area contributed by atoms with Crippen LogP contribution in [0.4, 0.5) is 0 Å². The number of aromatic nitrogens is 2. The first-order valence-electron chi connectivity index (χ1n) is 8.53. The van der Waals surface area contributed by atoms with E-state index in [9.17, 15) is 4.79 Å². The molecule has 1 atom stereocenters. The van der Waals surface area contributed by atoms with Crippen molar-refractivity contribution in [2.75, 3.05) is 33.2 Å². The van der Waals surface area contributed by atoms with E-state index in [0.29, 0.717) is 19.0 Å². The summed E-state index contributed by atoms with van der Waals surface area (Å²) in [6.07, 6.45) is 5.14. The molecule has 0 radical (unpaired) electrons. The SMILES string of the molecule is CN=C(NCCNC(=O)C(C)(C)C)N1CCC(c2cnn(C)c2)C1.I. The van der Waals surface area contributed by atoms with Gasteiger partial charge in [-0.3, -0.25) is 14.5 Å². The molecule has 142 valence electrons. The molecule has 2 N–H and O–H groups in total. The van der Waals surface area contributed by atoms with Crippen molar-refractivity contribution < 1.29 is 4.79 Å². The highest BCUT2D eigenvalue weighted by molar-refractivity contribution is 14.0. The summed E-state index contributed by atoms with van der Waals surface area (Å²) in [4.78, 5) is 18.5. The zero-order valence-electron chi connectivity index (χ0n) is 15.9. The minimum absolute atomic E-state index is 0. The maximum absolute atomic E-state index is 11.8. The fourth-order valence-electron chi connectivity index (χ4n) is 2.82. The van der Waals surface area contributed by atoms with E-state index < -0.39 is 0 Å². The fraction of sp³-hybridized carbons (Fsp3) is 0.706. The molecule has 0 aliphatic carbocycles. The van der Waals surface area contributed by atoms with Crippen LogP contribution in [0.2, 0.25) is 0 Å². The van der Waals surface area contributed by atoms with Gasteiger partial charge in [0, 0.05) is 57.8 Å². The zero-order valence-corrected chi connectivity index (χ0v) is 18.2. The number of aliphatic imine (C=N–C) groups is 1. The molecule has 1 aromatic rings. The Morgan fingerprint density at radius 3 is 2.60 bits per heavy atom. The van der Waals surface area contributed by atoms with Crippen LogP contribution in [0.25, 0.3) is 0 Å². The van der Waals surface area contributed by atoms with Crippen molar-refractivity contribution >= 4 is 35.8 Å². The second-order valence-corrected chi connectivity index (χ2v) is 7.36. The molecule has 25 heavy (non-hydrogen) atoms. The first kappa shape index (κ1) is 21.7. The van der Waals surface area contributed by atoms with E-state index in [1.807, 2.05) is 38.7 Å². The van der Waals surface area contributed by atoms with Gasteiger partial charge in [-0.15, -0.1) is 24.0 Å². The average Bonchev–Trinajstić information content (AvgIpc) is 3.15. The van der Waals surface area contributed by atoms with Crippen molar-refractivity contribution in [2.45, 2.75) is 33.1 Å². The van der Waals surface area contributed by atoms with Crippen molar-refractivity contribution in [3.05, 3.63) is 18.0 Å². The van der Waals surface area contributed by atoms with Crippen LogP contribution >= 0.6 is 24.0 Å². The Labute approximate surface area is 167 Å². The third-order valence-corrected chi connectivity index (χ3v) is 4.27. The second-order valence-electron chi connectivity index (χ2n) is 7.36. The van der Waals surface area contributed by atoms with E-state index in [-0.39, 0.29) is 35.3 Å². The number of amides is 1. The van der Waals surface area contributed by atoms with Crippen LogP contribution in [0.15, 0.2) is 17.4 Å². The van der Waals surface area contributed by atoms with Gasteiger partial charge in [0.15, 0.2) is 5.96 Å². The Kier molecular flexibility index (Phi) is 8.17. The number of guanidine groups is 1. The number of carbonyl (C=O) groups is 1. The van der Waals surface area contributed by atoms with Crippen LogP contribution in [-0.2, 0) is 11.8 Å². The Balaban J connectivity index is 0.00000312. The van der Waals surface area contributed by atoms with Crippen molar-refractivity contribution in [3.63, 3.8) is 0 Å². The molecule has 0 aromatic carbocycles. The van der Waals surface area contributed by atoms with Gasteiger partial charge in [0.05, 0.1) is 6.20 Å². The molecule has 2 rings (SSSR count). The maximum Gasteiger partial charge on any atom is 0.225 e. The smallest absolute Gasteiger partial charge is 0.225 e. The standard InChI is InChI=1S/C17H30N6O.HI/c1-17(2,3)15(24)19-7-8-20-16(18-4)23-9-6-13(12-23)14-10-21-22(5)11-14;/h10-11,13H,6-9,12H2,1-5H3,(H,18,20)(H,19,24);1H. The highest BCUT2D eigenvalue weighted by atomic mass is 127. The minimum Gasteiger partial charge on any atom is -0.354 e. The summed E-state index contributed by atoms with van der Waals surface area (Å²) in [5.41, 5.74) is 0.931. The lowest BCUT2D eigenvalue weighted by molar-refractivity contribution is -0.128. The van der Waals surface area contributed by atoms with Crippen LogP contribution in [0.1, 0.15) is 38.7 Å². The summed E-state index contributed by atoms with van der Waals surface area (Å²) in [6.45, 7) is 8.93. The molecule has 0 bridgehead atoms. The van der Waals surface area contributed by atoms with Gasteiger partial charge in [0.1, 0.15) is 0 Å². The third kappa shape index (κ3) is 6.16. The molecule has 1 unspecified atom stereocenters. The van der Waals surface area contributed by atoms with Gasteiger partial charge in [0.2, 0.25) is 5.91 Å². The van der Waals surface area contributed by atoms with Crippen LogP contribution in [0.3, 0.4) is 0 Å². The molecule has 1 saturated heterocycles. The molecule has 2 heterocycles. The van der Waals surface area contributed by atoms with Gasteiger partial charge >= 0.3 is 0 Å². The van der Waals surface area contributed by atoms with E-state index in [4.69, 9.17) is 0 Å². The number of nitrogens with zero attached hydrogens (tertiary/aromatic N) is 4. The Morgan fingerprint density at radius 1 is 1.36 bits per heavy atom. The van der Waals surface area contributed by atoms with Gasteiger partial charge in [-0.05, 0) is 12.0 Å². The Hall–Kier alpha value is -1.32. The quantitative estimate of drug-likeness (QED) is 0.308. The van der Waals surface area contributed by atoms with Gasteiger partial charge in [0.25, 0.3) is 0 Å². The Bertz CT molecular complexity index is 592. The maximum atomic E-state index is 11.8. The Morgan fingerprint density at radius 2 is 2.04 bits per heavy atom. The first-order chi connectivity index (χ1) is 11.3. The topological polar surface area (TPSA) is 74.6 Å². The van der Waals surface area contributed by atoms with Gasteiger partial charge in [-0.1, -0.05) is 20.8 Å². The van der Waals surface area contributed by atoms with Crippen molar-refractivity contribution in [1.29, 1.82) is 0 Å². The average molecular weight is 462 g/mol. The molecule has 8 heteroatoms. The van der Waals surface area contributed by atoms with Crippen molar-refractivity contribution in [2.24, 2.45) is 17.5 Å². The molecule has 7 nitrogen and oxygen atoms in total. The summed E-state index contributed by atoms with van der Waals surface area (Å²) < 4.78 is 1.85. The van der Waals surface area contributed by atoms with Crippen LogP contribution < -0.4 is 10.6 Å². The summed E-state index contributed by atoms with van der Waals surface area (Å²) in [6, 6.07) is 0. The second kappa shape index (κ2) is 9.40. The number of carbonyl (C=O) groups excluding carboxylic acids is 1. The highest BCUT2D eigenvalue weighted by Gasteiger charge is 2.27. The highest BCUT2D eigenvalue weighted by Crippen LogP contribution is 2.26. The number of halogens is 1. The van der Waals surface area contributed by atoms with Gasteiger partial charge in [-0.2, -0.15) is 5.10 Å². The summed E-state index contributed by atoms with van der Waals surface area (Å²) >= 11 is 0.